The maximum atomic E-state index is 13.9. The maximum absolute atomic E-state index is 13.9. The van der Waals surface area contributed by atoms with Gasteiger partial charge in [0.1, 0.15) is 10.7 Å². The van der Waals surface area contributed by atoms with Crippen LogP contribution in [0.1, 0.15) is 19.4 Å². The minimum absolute atomic E-state index is 0.202. The largest absolute Gasteiger partial charge is 0.392 e. The molecule has 1 N–H and O–H groups in total. The standard InChI is InChI=1S/C13H18FNO4S/c1-9-6-15(7-10(2)19-9)20(17,18)13-4-3-11(8-16)5-12(13)14/h3-5,9-10,16H,6-8H2,1-2H3/t9-,10+. The number of halogens is 1. The molecule has 0 bridgehead atoms. The van der Waals surface area contributed by atoms with Gasteiger partial charge in [-0.3, -0.25) is 0 Å². The average Bonchev–Trinajstić information content (AvgIpc) is 2.37. The second-order valence-electron chi connectivity index (χ2n) is 5.00. The molecule has 0 spiro atoms. The van der Waals surface area contributed by atoms with Crippen LogP contribution in [0.5, 0.6) is 0 Å². The number of morpholine rings is 1. The zero-order valence-corrected chi connectivity index (χ0v) is 12.2. The number of hydrogen-bond donors (Lipinski definition) is 1. The molecule has 1 saturated heterocycles. The second kappa shape index (κ2) is 5.77. The highest BCUT2D eigenvalue weighted by molar-refractivity contribution is 7.89. The van der Waals surface area contributed by atoms with E-state index in [0.717, 1.165) is 6.07 Å². The van der Waals surface area contributed by atoms with Crippen LogP contribution in [0.25, 0.3) is 0 Å². The van der Waals surface area contributed by atoms with Crippen LogP contribution < -0.4 is 0 Å². The van der Waals surface area contributed by atoms with Crippen molar-refractivity contribution in [3.05, 3.63) is 29.6 Å². The first-order chi connectivity index (χ1) is 9.34. The number of rotatable bonds is 3. The monoisotopic (exact) mass is 303 g/mol. The molecular formula is C13H18FNO4S. The summed E-state index contributed by atoms with van der Waals surface area (Å²) in [7, 11) is -3.89. The molecule has 20 heavy (non-hydrogen) atoms. The van der Waals surface area contributed by atoms with Crippen LogP contribution in [-0.2, 0) is 21.4 Å². The summed E-state index contributed by atoms with van der Waals surface area (Å²) < 4.78 is 45.6. The summed E-state index contributed by atoms with van der Waals surface area (Å²) in [6.07, 6.45) is -0.457. The summed E-state index contributed by atoms with van der Waals surface area (Å²) in [6.45, 7) is 3.64. The lowest BCUT2D eigenvalue weighted by Crippen LogP contribution is -2.48. The molecule has 0 amide bonds. The van der Waals surface area contributed by atoms with E-state index >= 15 is 0 Å². The van der Waals surface area contributed by atoms with Crippen molar-refractivity contribution in [1.82, 2.24) is 4.31 Å². The van der Waals surface area contributed by atoms with Crippen molar-refractivity contribution < 1.29 is 22.7 Å². The smallest absolute Gasteiger partial charge is 0.246 e. The third kappa shape index (κ3) is 3.01. The van der Waals surface area contributed by atoms with Crippen molar-refractivity contribution in [3.63, 3.8) is 0 Å². The topological polar surface area (TPSA) is 66.8 Å². The van der Waals surface area contributed by atoms with Gasteiger partial charge in [0.15, 0.2) is 0 Å². The third-order valence-corrected chi connectivity index (χ3v) is 5.05. The van der Waals surface area contributed by atoms with Gasteiger partial charge in [0.25, 0.3) is 0 Å². The quantitative estimate of drug-likeness (QED) is 0.908. The van der Waals surface area contributed by atoms with Crippen molar-refractivity contribution in [2.75, 3.05) is 13.1 Å². The molecule has 1 aromatic rings. The van der Waals surface area contributed by atoms with Gasteiger partial charge in [-0.25, -0.2) is 12.8 Å². The van der Waals surface area contributed by atoms with Gasteiger partial charge < -0.3 is 9.84 Å². The molecular weight excluding hydrogens is 285 g/mol. The van der Waals surface area contributed by atoms with Crippen molar-refractivity contribution in [1.29, 1.82) is 0 Å². The second-order valence-corrected chi connectivity index (χ2v) is 6.91. The maximum Gasteiger partial charge on any atom is 0.246 e. The Morgan fingerprint density at radius 3 is 2.45 bits per heavy atom. The summed E-state index contributed by atoms with van der Waals surface area (Å²) in [6, 6.07) is 3.64. The molecule has 0 radical (unpaired) electrons. The normalized spacial score (nSPS) is 24.8. The fourth-order valence-corrected chi connectivity index (χ4v) is 3.95. The van der Waals surface area contributed by atoms with Crippen LogP contribution in [0, 0.1) is 5.82 Å². The van der Waals surface area contributed by atoms with Gasteiger partial charge in [0, 0.05) is 13.1 Å². The van der Waals surface area contributed by atoms with E-state index in [1.807, 2.05) is 0 Å². The summed E-state index contributed by atoms with van der Waals surface area (Å²) in [5.74, 6) is -0.844. The van der Waals surface area contributed by atoms with Gasteiger partial charge >= 0.3 is 0 Å². The van der Waals surface area contributed by atoms with Crippen LogP contribution in [0.15, 0.2) is 23.1 Å². The van der Waals surface area contributed by atoms with Crippen molar-refractivity contribution in [2.24, 2.45) is 0 Å². The molecule has 0 aromatic heterocycles. The number of hydrogen-bond acceptors (Lipinski definition) is 4. The minimum atomic E-state index is -3.89. The first kappa shape index (κ1) is 15.4. The lowest BCUT2D eigenvalue weighted by molar-refractivity contribution is -0.0441. The van der Waals surface area contributed by atoms with E-state index in [1.165, 1.54) is 16.4 Å². The van der Waals surface area contributed by atoms with Gasteiger partial charge in [-0.15, -0.1) is 0 Å². The van der Waals surface area contributed by atoms with Gasteiger partial charge in [-0.05, 0) is 31.5 Å². The fraction of sp³-hybridized carbons (Fsp3) is 0.538. The Balaban J connectivity index is 2.35. The van der Waals surface area contributed by atoms with E-state index in [2.05, 4.69) is 0 Å². The first-order valence-corrected chi connectivity index (χ1v) is 7.83. The molecule has 1 aliphatic rings. The molecule has 7 heteroatoms. The number of sulfonamides is 1. The Hall–Kier alpha value is -1.02. The lowest BCUT2D eigenvalue weighted by Gasteiger charge is -2.34. The average molecular weight is 303 g/mol. The number of aliphatic hydroxyl groups is 1. The Morgan fingerprint density at radius 1 is 1.35 bits per heavy atom. The SMILES string of the molecule is C[C@@H]1CN(S(=O)(=O)c2ccc(CO)cc2F)C[C@H](C)O1. The molecule has 1 fully saturated rings. The Kier molecular flexibility index (Phi) is 4.43. The first-order valence-electron chi connectivity index (χ1n) is 6.39. The molecule has 2 atom stereocenters. The van der Waals surface area contributed by atoms with Crippen LogP contribution in [-0.4, -0.2) is 43.1 Å². The number of nitrogens with zero attached hydrogens (tertiary/aromatic N) is 1. The zero-order chi connectivity index (χ0) is 14.9. The molecule has 0 aliphatic carbocycles. The summed E-state index contributed by atoms with van der Waals surface area (Å²) in [4.78, 5) is -0.365. The third-order valence-electron chi connectivity index (χ3n) is 3.18. The van der Waals surface area contributed by atoms with Gasteiger partial charge in [0.05, 0.1) is 18.8 Å². The number of aliphatic hydroxyl groups excluding tert-OH is 1. The van der Waals surface area contributed by atoms with Crippen molar-refractivity contribution >= 4 is 10.0 Å². The number of ether oxygens (including phenoxy) is 1. The summed E-state index contributed by atoms with van der Waals surface area (Å²) in [5.41, 5.74) is 0.338. The molecule has 2 rings (SSSR count). The predicted molar refractivity (Wildman–Crippen MR) is 71.1 cm³/mol. The van der Waals surface area contributed by atoms with Crippen LogP contribution in [0.4, 0.5) is 4.39 Å². The van der Waals surface area contributed by atoms with E-state index < -0.39 is 15.8 Å². The minimum Gasteiger partial charge on any atom is -0.392 e. The Morgan fingerprint density at radius 2 is 1.95 bits per heavy atom. The van der Waals surface area contributed by atoms with Crippen molar-refractivity contribution in [3.8, 4) is 0 Å². The van der Waals surface area contributed by atoms with E-state index in [4.69, 9.17) is 9.84 Å². The summed E-state index contributed by atoms with van der Waals surface area (Å²) >= 11 is 0. The molecule has 0 unspecified atom stereocenters. The lowest BCUT2D eigenvalue weighted by atomic mass is 10.2. The highest BCUT2D eigenvalue weighted by Gasteiger charge is 2.33. The molecule has 0 saturated carbocycles. The molecule has 112 valence electrons. The Labute approximate surface area is 118 Å². The predicted octanol–water partition coefficient (Wildman–Crippen LogP) is 1.12. The summed E-state index contributed by atoms with van der Waals surface area (Å²) in [5, 5.41) is 8.93. The Bertz CT molecular complexity index is 580. The number of benzene rings is 1. The van der Waals surface area contributed by atoms with Crippen LogP contribution >= 0.6 is 0 Å². The van der Waals surface area contributed by atoms with Gasteiger partial charge in [-0.2, -0.15) is 4.31 Å². The van der Waals surface area contributed by atoms with E-state index in [0.29, 0.717) is 5.56 Å². The molecule has 1 aliphatic heterocycles. The molecule has 1 heterocycles. The highest BCUT2D eigenvalue weighted by atomic mass is 32.2. The fourth-order valence-electron chi connectivity index (χ4n) is 2.32. The van der Waals surface area contributed by atoms with E-state index in [9.17, 15) is 12.8 Å². The molecule has 5 nitrogen and oxygen atoms in total. The van der Waals surface area contributed by atoms with E-state index in [1.54, 1.807) is 13.8 Å². The van der Waals surface area contributed by atoms with Crippen LogP contribution in [0.3, 0.4) is 0 Å². The van der Waals surface area contributed by atoms with Gasteiger partial charge in [-0.1, -0.05) is 6.07 Å². The van der Waals surface area contributed by atoms with Crippen molar-refractivity contribution in [2.45, 2.75) is 37.6 Å². The highest BCUT2D eigenvalue weighted by Crippen LogP contribution is 2.24. The van der Waals surface area contributed by atoms with Gasteiger partial charge in [0.2, 0.25) is 10.0 Å². The molecule has 1 aromatic carbocycles. The zero-order valence-electron chi connectivity index (χ0n) is 11.4. The van der Waals surface area contributed by atoms with Crippen LogP contribution in [0.2, 0.25) is 0 Å². The van der Waals surface area contributed by atoms with E-state index in [-0.39, 0.29) is 36.8 Å².